The molecule has 4 rings (SSSR count). The average Bonchev–Trinajstić information content (AvgIpc) is 3.13. The molecule has 0 aromatic heterocycles. The number of amides is 1. The van der Waals surface area contributed by atoms with Gasteiger partial charge < -0.3 is 24.3 Å². The van der Waals surface area contributed by atoms with Crippen LogP contribution in [0.4, 0.5) is 5.69 Å². The van der Waals surface area contributed by atoms with E-state index in [1.54, 1.807) is 7.11 Å². The molecule has 0 saturated heterocycles. The number of benzene rings is 3. The van der Waals surface area contributed by atoms with Crippen molar-refractivity contribution in [3.63, 3.8) is 0 Å². The molecular weight excluding hydrogens is 406 g/mol. The molecule has 3 aromatic carbocycles. The van der Waals surface area contributed by atoms with Gasteiger partial charge in [0.15, 0.2) is 23.0 Å². The van der Waals surface area contributed by atoms with E-state index >= 15 is 0 Å². The van der Waals surface area contributed by atoms with E-state index in [1.165, 1.54) is 0 Å². The highest BCUT2D eigenvalue weighted by Crippen LogP contribution is 2.35. The molecule has 1 N–H and O–H groups in total. The van der Waals surface area contributed by atoms with Crippen LogP contribution in [0, 0.1) is 0 Å². The Labute approximate surface area is 187 Å². The van der Waals surface area contributed by atoms with Crippen LogP contribution in [0.5, 0.6) is 23.0 Å². The Bertz CT molecular complexity index is 1140. The highest BCUT2D eigenvalue weighted by atomic mass is 16.5. The summed E-state index contributed by atoms with van der Waals surface area (Å²) in [5.74, 6) is 2.47. The summed E-state index contributed by atoms with van der Waals surface area (Å²) in [7, 11) is 1.61. The first-order valence-corrected chi connectivity index (χ1v) is 10.5. The van der Waals surface area contributed by atoms with E-state index in [0.717, 1.165) is 16.8 Å². The van der Waals surface area contributed by atoms with Crippen LogP contribution in [-0.4, -0.2) is 32.8 Å². The highest BCUT2D eigenvalue weighted by Gasteiger charge is 2.23. The molecule has 6 nitrogen and oxygen atoms in total. The van der Waals surface area contributed by atoms with Gasteiger partial charge in [0, 0.05) is 16.8 Å². The van der Waals surface area contributed by atoms with Gasteiger partial charge in [-0.25, -0.2) is 0 Å². The molecule has 3 aromatic rings. The number of methoxy groups -OCH3 is 1. The van der Waals surface area contributed by atoms with Crippen molar-refractivity contribution in [1.29, 1.82) is 0 Å². The number of carbonyl (C=O) groups excluding carboxylic acids is 1. The molecule has 1 heterocycles. The molecule has 0 unspecified atom stereocenters. The van der Waals surface area contributed by atoms with Crippen molar-refractivity contribution in [3.05, 3.63) is 77.9 Å². The average molecular weight is 431 g/mol. The number of para-hydroxylation sites is 3. The smallest absolute Gasteiger partial charge is 0.256 e. The molecule has 0 atom stereocenters. The van der Waals surface area contributed by atoms with E-state index in [1.807, 2.05) is 79.7 Å². The summed E-state index contributed by atoms with van der Waals surface area (Å²) >= 11 is 0. The van der Waals surface area contributed by atoms with Crippen molar-refractivity contribution < 1.29 is 23.7 Å². The molecule has 1 amide bonds. The lowest BCUT2D eigenvalue weighted by Gasteiger charge is -2.14. The first-order valence-electron chi connectivity index (χ1n) is 10.5. The van der Waals surface area contributed by atoms with Gasteiger partial charge in [0.2, 0.25) is 0 Å². The first-order chi connectivity index (χ1) is 15.7. The predicted molar refractivity (Wildman–Crippen MR) is 125 cm³/mol. The van der Waals surface area contributed by atoms with Gasteiger partial charge in [0.1, 0.15) is 13.2 Å². The fourth-order valence-corrected chi connectivity index (χ4v) is 3.49. The van der Waals surface area contributed by atoms with E-state index in [9.17, 15) is 4.79 Å². The maximum absolute atomic E-state index is 12.4. The van der Waals surface area contributed by atoms with Crippen LogP contribution < -0.4 is 24.3 Å². The van der Waals surface area contributed by atoms with Crippen molar-refractivity contribution >= 4 is 23.2 Å². The van der Waals surface area contributed by atoms with Crippen LogP contribution in [0.15, 0.2) is 66.7 Å². The van der Waals surface area contributed by atoms with Crippen molar-refractivity contribution in [2.24, 2.45) is 0 Å². The lowest BCUT2D eigenvalue weighted by Crippen LogP contribution is -2.10. The molecule has 0 aliphatic carbocycles. The summed E-state index contributed by atoms with van der Waals surface area (Å²) in [6.45, 7) is 3.11. The lowest BCUT2D eigenvalue weighted by molar-refractivity contribution is -0.110. The molecule has 1 aliphatic rings. The number of fused-ring (bicyclic) bond motifs is 1. The second-order valence-corrected chi connectivity index (χ2v) is 7.04. The number of anilines is 1. The molecule has 0 radical (unpaired) electrons. The minimum absolute atomic E-state index is 0.113. The van der Waals surface area contributed by atoms with E-state index in [2.05, 4.69) is 5.32 Å². The Morgan fingerprint density at radius 3 is 2.25 bits per heavy atom. The maximum Gasteiger partial charge on any atom is 0.256 e. The lowest BCUT2D eigenvalue weighted by atomic mass is 10.0. The van der Waals surface area contributed by atoms with Gasteiger partial charge in [-0.15, -0.1) is 0 Å². The van der Waals surface area contributed by atoms with Crippen molar-refractivity contribution in [3.8, 4) is 23.0 Å². The number of nitrogens with one attached hydrogen (secondary N) is 1. The second kappa shape index (κ2) is 9.92. The first kappa shape index (κ1) is 21.3. The van der Waals surface area contributed by atoms with E-state index in [4.69, 9.17) is 18.9 Å². The molecule has 0 bridgehead atoms. The van der Waals surface area contributed by atoms with Crippen LogP contribution in [0.25, 0.3) is 11.6 Å². The van der Waals surface area contributed by atoms with Crippen LogP contribution in [0.3, 0.4) is 0 Å². The van der Waals surface area contributed by atoms with Gasteiger partial charge in [-0.3, -0.25) is 4.79 Å². The monoisotopic (exact) mass is 431 g/mol. The Morgan fingerprint density at radius 2 is 1.50 bits per heavy atom. The third-order valence-corrected chi connectivity index (χ3v) is 4.96. The Balaban J connectivity index is 1.46. The fourth-order valence-electron chi connectivity index (χ4n) is 3.49. The molecule has 1 aliphatic heterocycles. The number of carbonyl (C=O) groups is 1. The van der Waals surface area contributed by atoms with Gasteiger partial charge in [-0.1, -0.05) is 36.4 Å². The standard InChI is InChI=1S/C26H25NO5/c1-3-30-25-17-18(16-20-19-8-4-5-9-21(19)27-26(20)28)12-13-24(25)32-15-14-31-23-11-7-6-10-22(23)29-2/h4-13,16-17H,3,14-15H2,1-2H3,(H,27,28)/b20-16+. The normalized spacial score (nSPS) is 13.4. The Kier molecular flexibility index (Phi) is 6.60. The van der Waals surface area contributed by atoms with Gasteiger partial charge in [-0.05, 0) is 48.9 Å². The summed E-state index contributed by atoms with van der Waals surface area (Å²) in [6, 6.07) is 20.8. The fraction of sp³-hybridized carbons (Fsp3) is 0.192. The number of rotatable bonds is 9. The summed E-state index contributed by atoms with van der Waals surface area (Å²) < 4.78 is 22.7. The Hall–Kier alpha value is -3.93. The molecule has 164 valence electrons. The van der Waals surface area contributed by atoms with Gasteiger partial charge in [0.05, 0.1) is 13.7 Å². The SMILES string of the molecule is CCOc1cc(/C=C2/C(=O)Nc3ccccc32)ccc1OCCOc1ccccc1OC. The second-order valence-electron chi connectivity index (χ2n) is 7.04. The van der Waals surface area contributed by atoms with Crippen LogP contribution >= 0.6 is 0 Å². The zero-order valence-electron chi connectivity index (χ0n) is 18.1. The van der Waals surface area contributed by atoms with E-state index < -0.39 is 0 Å². The van der Waals surface area contributed by atoms with Crippen molar-refractivity contribution in [1.82, 2.24) is 0 Å². The minimum atomic E-state index is -0.113. The maximum atomic E-state index is 12.4. The van der Waals surface area contributed by atoms with Crippen LogP contribution in [-0.2, 0) is 4.79 Å². The van der Waals surface area contributed by atoms with Gasteiger partial charge >= 0.3 is 0 Å². The number of hydrogen-bond acceptors (Lipinski definition) is 5. The zero-order valence-corrected chi connectivity index (χ0v) is 18.1. The largest absolute Gasteiger partial charge is 0.493 e. The topological polar surface area (TPSA) is 66.0 Å². The summed E-state index contributed by atoms with van der Waals surface area (Å²) in [5, 5.41) is 2.89. The third kappa shape index (κ3) is 4.70. The van der Waals surface area contributed by atoms with Crippen molar-refractivity contribution in [2.75, 3.05) is 32.2 Å². The van der Waals surface area contributed by atoms with E-state index in [0.29, 0.717) is 48.4 Å². The number of ether oxygens (including phenoxy) is 4. The summed E-state index contributed by atoms with van der Waals surface area (Å²) in [5.41, 5.74) is 3.20. The predicted octanol–water partition coefficient (Wildman–Crippen LogP) is 5.04. The molecule has 0 spiro atoms. The quantitative estimate of drug-likeness (QED) is 0.380. The van der Waals surface area contributed by atoms with Crippen LogP contribution in [0.2, 0.25) is 0 Å². The molecule has 32 heavy (non-hydrogen) atoms. The molecule has 6 heteroatoms. The summed E-state index contributed by atoms with van der Waals surface area (Å²) in [6.07, 6.45) is 1.86. The molecule has 0 saturated carbocycles. The van der Waals surface area contributed by atoms with Crippen LogP contribution in [0.1, 0.15) is 18.1 Å². The third-order valence-electron chi connectivity index (χ3n) is 4.96. The minimum Gasteiger partial charge on any atom is -0.493 e. The van der Waals surface area contributed by atoms with Gasteiger partial charge in [0.25, 0.3) is 5.91 Å². The van der Waals surface area contributed by atoms with Crippen molar-refractivity contribution in [2.45, 2.75) is 6.92 Å². The zero-order chi connectivity index (χ0) is 22.3. The highest BCUT2D eigenvalue weighted by molar-refractivity contribution is 6.34. The molecular formula is C26H25NO5. The molecule has 0 fully saturated rings. The Morgan fingerprint density at radius 1 is 0.812 bits per heavy atom. The van der Waals surface area contributed by atoms with E-state index in [-0.39, 0.29) is 5.91 Å². The van der Waals surface area contributed by atoms with Gasteiger partial charge in [-0.2, -0.15) is 0 Å². The number of hydrogen-bond donors (Lipinski definition) is 1. The summed E-state index contributed by atoms with van der Waals surface area (Å²) in [4.78, 5) is 12.4.